The van der Waals surface area contributed by atoms with Crippen LogP contribution in [0.25, 0.3) is 0 Å². The van der Waals surface area contributed by atoms with Gasteiger partial charge in [-0.15, -0.1) is 0 Å². The van der Waals surface area contributed by atoms with Crippen LogP contribution in [-0.4, -0.2) is 36.7 Å². The highest BCUT2D eigenvalue weighted by Crippen LogP contribution is 2.34. The summed E-state index contributed by atoms with van der Waals surface area (Å²) in [5.41, 5.74) is -1.19. The third kappa shape index (κ3) is 7.20. The van der Waals surface area contributed by atoms with Gasteiger partial charge in [-0.05, 0) is 71.1 Å². The van der Waals surface area contributed by atoms with Gasteiger partial charge in [-0.2, -0.15) is 13.2 Å². The third-order valence-corrected chi connectivity index (χ3v) is 7.59. The van der Waals surface area contributed by atoms with Gasteiger partial charge in [0, 0.05) is 30.6 Å². The van der Waals surface area contributed by atoms with Gasteiger partial charge in [0.2, 0.25) is 10.0 Å². The fourth-order valence-corrected chi connectivity index (χ4v) is 5.75. The van der Waals surface area contributed by atoms with Crippen molar-refractivity contribution >= 4 is 15.7 Å². The van der Waals surface area contributed by atoms with Crippen LogP contribution in [0.3, 0.4) is 0 Å². The minimum atomic E-state index is -4.67. The molecule has 196 valence electrons. The lowest BCUT2D eigenvalue weighted by Crippen LogP contribution is -2.39. The van der Waals surface area contributed by atoms with Crippen LogP contribution in [0.4, 0.5) is 18.9 Å². The molecule has 11 heteroatoms. The van der Waals surface area contributed by atoms with Crippen molar-refractivity contribution in [3.05, 3.63) is 42.0 Å². The van der Waals surface area contributed by atoms with Crippen molar-refractivity contribution in [2.24, 2.45) is 0 Å². The van der Waals surface area contributed by atoms with Crippen LogP contribution in [0.15, 0.2) is 35.5 Å². The molecule has 0 atom stereocenters. The lowest BCUT2D eigenvalue weighted by molar-refractivity contribution is -0.137. The molecule has 35 heavy (non-hydrogen) atoms. The standard InChI is InChI=1S/C24H35F3N4O3S/c1-5-14-34-19-9-7-18(8-10-19)30-35(32,33)21-15-17(24(25,26)27)6-11-20(21)29-16-22-28-12-13-31(22)23(2,3)4/h6,11-13,15,18-19,29-30H,5,7-10,14,16H2,1-4H3. The van der Waals surface area contributed by atoms with E-state index in [0.29, 0.717) is 44.2 Å². The first-order valence-corrected chi connectivity index (χ1v) is 13.4. The Morgan fingerprint density at radius 2 is 1.83 bits per heavy atom. The number of rotatable bonds is 9. The predicted molar refractivity (Wildman–Crippen MR) is 129 cm³/mol. The summed E-state index contributed by atoms with van der Waals surface area (Å²) in [6.45, 7) is 8.83. The Morgan fingerprint density at radius 3 is 2.43 bits per heavy atom. The van der Waals surface area contributed by atoms with E-state index in [0.717, 1.165) is 18.6 Å². The predicted octanol–water partition coefficient (Wildman–Crippen LogP) is 5.29. The zero-order chi connectivity index (χ0) is 25.9. The molecule has 0 bridgehead atoms. The van der Waals surface area contributed by atoms with Gasteiger partial charge in [0.1, 0.15) is 10.7 Å². The molecule has 0 unspecified atom stereocenters. The largest absolute Gasteiger partial charge is 0.416 e. The summed E-state index contributed by atoms with van der Waals surface area (Å²) in [6.07, 6.45) is 2.32. The normalized spacial score (nSPS) is 19.6. The van der Waals surface area contributed by atoms with Gasteiger partial charge in [-0.25, -0.2) is 18.1 Å². The molecule has 1 saturated carbocycles. The molecule has 3 rings (SSSR count). The fourth-order valence-electron chi connectivity index (χ4n) is 4.23. The number of sulfonamides is 1. The Bertz CT molecular complexity index is 1090. The molecule has 1 aromatic carbocycles. The van der Waals surface area contributed by atoms with Gasteiger partial charge in [-0.1, -0.05) is 6.92 Å². The van der Waals surface area contributed by atoms with Crippen LogP contribution in [-0.2, 0) is 33.0 Å². The van der Waals surface area contributed by atoms with Crippen molar-refractivity contribution in [2.75, 3.05) is 11.9 Å². The molecule has 1 aromatic heterocycles. The zero-order valence-electron chi connectivity index (χ0n) is 20.7. The Balaban J connectivity index is 1.82. The second kappa shape index (κ2) is 10.9. The molecule has 1 aliphatic carbocycles. The maximum Gasteiger partial charge on any atom is 0.416 e. The highest BCUT2D eigenvalue weighted by atomic mass is 32.2. The lowest BCUT2D eigenvalue weighted by atomic mass is 9.94. The quantitative estimate of drug-likeness (QED) is 0.473. The van der Waals surface area contributed by atoms with E-state index in [1.807, 2.05) is 38.5 Å². The van der Waals surface area contributed by atoms with Crippen LogP contribution in [0.5, 0.6) is 0 Å². The summed E-state index contributed by atoms with van der Waals surface area (Å²) in [7, 11) is -4.22. The minimum Gasteiger partial charge on any atom is -0.378 e. The summed E-state index contributed by atoms with van der Waals surface area (Å²) in [6, 6.07) is 2.38. The maximum absolute atomic E-state index is 13.4. The highest BCUT2D eigenvalue weighted by molar-refractivity contribution is 7.89. The summed E-state index contributed by atoms with van der Waals surface area (Å²) in [5.74, 6) is 0.638. The number of alkyl halides is 3. The number of ether oxygens (including phenoxy) is 1. The van der Waals surface area contributed by atoms with Gasteiger partial charge < -0.3 is 14.6 Å². The van der Waals surface area contributed by atoms with Crippen LogP contribution >= 0.6 is 0 Å². The number of imidazole rings is 1. The van der Waals surface area contributed by atoms with E-state index in [4.69, 9.17) is 4.74 Å². The number of hydrogen-bond acceptors (Lipinski definition) is 5. The van der Waals surface area contributed by atoms with Crippen LogP contribution in [0.2, 0.25) is 0 Å². The van der Waals surface area contributed by atoms with Gasteiger partial charge in [0.15, 0.2) is 0 Å². The number of benzene rings is 1. The van der Waals surface area contributed by atoms with E-state index in [1.165, 1.54) is 0 Å². The van der Waals surface area contributed by atoms with Crippen LogP contribution in [0, 0.1) is 0 Å². The molecular weight excluding hydrogens is 481 g/mol. The molecule has 1 fully saturated rings. The van der Waals surface area contributed by atoms with Gasteiger partial charge in [0.25, 0.3) is 0 Å². The number of nitrogens with one attached hydrogen (secondary N) is 2. The van der Waals surface area contributed by atoms with Gasteiger partial charge >= 0.3 is 6.18 Å². The van der Waals surface area contributed by atoms with E-state index >= 15 is 0 Å². The smallest absolute Gasteiger partial charge is 0.378 e. The first-order chi connectivity index (χ1) is 16.3. The van der Waals surface area contributed by atoms with E-state index < -0.39 is 26.7 Å². The third-order valence-electron chi connectivity index (χ3n) is 6.03. The van der Waals surface area contributed by atoms with Crippen molar-refractivity contribution in [3.8, 4) is 0 Å². The number of anilines is 1. The Hall–Kier alpha value is -2.11. The second-order valence-electron chi connectivity index (χ2n) is 9.91. The monoisotopic (exact) mass is 516 g/mol. The summed E-state index contributed by atoms with van der Waals surface area (Å²) in [4.78, 5) is 3.89. The molecule has 1 heterocycles. The van der Waals surface area contributed by atoms with Crippen molar-refractivity contribution in [3.63, 3.8) is 0 Å². The number of aromatic nitrogens is 2. The number of halogens is 3. The Labute approximate surface area is 205 Å². The molecule has 0 spiro atoms. The number of nitrogens with zero attached hydrogens (tertiary/aromatic N) is 2. The van der Waals surface area contributed by atoms with Crippen molar-refractivity contribution in [1.29, 1.82) is 0 Å². The number of hydrogen-bond donors (Lipinski definition) is 2. The van der Waals surface area contributed by atoms with E-state index in [1.54, 1.807) is 6.20 Å². The van der Waals surface area contributed by atoms with E-state index in [2.05, 4.69) is 15.0 Å². The summed E-state index contributed by atoms with van der Waals surface area (Å²) >= 11 is 0. The summed E-state index contributed by atoms with van der Waals surface area (Å²) in [5, 5.41) is 2.99. The maximum atomic E-state index is 13.4. The molecule has 0 radical (unpaired) electrons. The zero-order valence-corrected chi connectivity index (χ0v) is 21.5. The van der Waals surface area contributed by atoms with Crippen molar-refractivity contribution in [1.82, 2.24) is 14.3 Å². The molecule has 1 aliphatic rings. The fraction of sp³-hybridized carbons (Fsp3) is 0.625. The lowest BCUT2D eigenvalue weighted by Gasteiger charge is -2.29. The van der Waals surface area contributed by atoms with Crippen molar-refractivity contribution in [2.45, 2.75) is 95.1 Å². The molecule has 7 nitrogen and oxygen atoms in total. The van der Waals surface area contributed by atoms with E-state index in [-0.39, 0.29) is 29.9 Å². The second-order valence-corrected chi connectivity index (χ2v) is 11.6. The molecule has 0 saturated heterocycles. The highest BCUT2D eigenvalue weighted by Gasteiger charge is 2.34. The SMILES string of the molecule is CCCOC1CCC(NS(=O)(=O)c2cc(C(F)(F)F)ccc2NCc2nccn2C(C)(C)C)CC1. The molecule has 0 amide bonds. The average molecular weight is 517 g/mol. The van der Waals surface area contributed by atoms with Crippen LogP contribution < -0.4 is 10.0 Å². The Morgan fingerprint density at radius 1 is 1.14 bits per heavy atom. The topological polar surface area (TPSA) is 85.2 Å². The Kier molecular flexibility index (Phi) is 8.54. The van der Waals surface area contributed by atoms with Gasteiger partial charge in [0.05, 0.1) is 23.9 Å². The first kappa shape index (κ1) is 27.5. The average Bonchev–Trinajstić information content (AvgIpc) is 3.25. The minimum absolute atomic E-state index is 0.0908. The first-order valence-electron chi connectivity index (χ1n) is 11.9. The molecule has 0 aliphatic heterocycles. The van der Waals surface area contributed by atoms with Gasteiger partial charge in [-0.3, -0.25) is 0 Å². The molecule has 2 aromatic rings. The van der Waals surface area contributed by atoms with Crippen molar-refractivity contribution < 1.29 is 26.3 Å². The molecular formula is C24H35F3N4O3S. The van der Waals surface area contributed by atoms with Crippen LogP contribution in [0.1, 0.15) is 71.2 Å². The summed E-state index contributed by atoms with van der Waals surface area (Å²) < 4.78 is 77.1. The molecule has 2 N–H and O–H groups in total. The van der Waals surface area contributed by atoms with E-state index in [9.17, 15) is 21.6 Å².